The number of hydrogen-bond donors (Lipinski definition) is 1. The lowest BCUT2D eigenvalue weighted by molar-refractivity contribution is -0.136. The van der Waals surface area contributed by atoms with Gasteiger partial charge in [0.1, 0.15) is 5.82 Å². The van der Waals surface area contributed by atoms with E-state index in [1.165, 1.54) is 31.0 Å². The summed E-state index contributed by atoms with van der Waals surface area (Å²) >= 11 is 1.45. The van der Waals surface area contributed by atoms with E-state index in [1.807, 2.05) is 43.2 Å². The minimum Gasteiger partial charge on any atom is -0.466 e. The molecule has 0 aromatic heterocycles. The fourth-order valence-electron chi connectivity index (χ4n) is 4.37. The minimum absolute atomic E-state index is 0.116. The molecular weight excluding hydrogens is 465 g/mol. The van der Waals surface area contributed by atoms with Crippen LogP contribution in [0.25, 0.3) is 0 Å². The summed E-state index contributed by atoms with van der Waals surface area (Å²) in [5.74, 6) is -0.915. The van der Waals surface area contributed by atoms with E-state index >= 15 is 0 Å². The average molecular weight is 494 g/mol. The van der Waals surface area contributed by atoms with Crippen LogP contribution in [-0.4, -0.2) is 29.1 Å². The first kappa shape index (κ1) is 24.7. The monoisotopic (exact) mass is 493 g/mol. The number of nitrogens with zero attached hydrogens (tertiary/aromatic N) is 2. The minimum atomic E-state index is -0.448. The maximum Gasteiger partial charge on any atom is 0.338 e. The lowest BCUT2D eigenvalue weighted by Gasteiger charge is -2.37. The summed E-state index contributed by atoms with van der Waals surface area (Å²) in [6.07, 6.45) is 0.696. The first-order valence-electron chi connectivity index (χ1n) is 11.5. The smallest absolute Gasteiger partial charge is 0.338 e. The second-order valence-electron chi connectivity index (χ2n) is 8.54. The van der Waals surface area contributed by atoms with Gasteiger partial charge in [0.25, 0.3) is 0 Å². The molecule has 2 aliphatic heterocycles. The van der Waals surface area contributed by atoms with Gasteiger partial charge in [-0.2, -0.15) is 0 Å². The Balaban J connectivity index is 1.64. The van der Waals surface area contributed by atoms with Crippen molar-refractivity contribution < 1.29 is 18.7 Å². The van der Waals surface area contributed by atoms with Crippen molar-refractivity contribution in [3.63, 3.8) is 0 Å². The third-order valence-corrected chi connectivity index (χ3v) is 6.98. The van der Waals surface area contributed by atoms with Gasteiger partial charge in [0.2, 0.25) is 5.91 Å². The lowest BCUT2D eigenvalue weighted by Crippen LogP contribution is -2.38. The number of methoxy groups -OCH3 is 1. The highest BCUT2D eigenvalue weighted by atomic mass is 32.2. The molecule has 1 N–H and O–H groups in total. The second kappa shape index (κ2) is 10.5. The summed E-state index contributed by atoms with van der Waals surface area (Å²) in [5, 5.41) is 5.55. The number of halogens is 1. The van der Waals surface area contributed by atoms with E-state index < -0.39 is 12.0 Å². The number of carbonyl (C=O) groups excluding carboxylic acids is 2. The van der Waals surface area contributed by atoms with Crippen LogP contribution < -0.4 is 5.32 Å². The summed E-state index contributed by atoms with van der Waals surface area (Å²) < 4.78 is 18.3. The van der Waals surface area contributed by atoms with Crippen molar-refractivity contribution in [2.24, 2.45) is 4.99 Å². The Morgan fingerprint density at radius 1 is 1.17 bits per heavy atom. The number of hydrogen-bond acceptors (Lipinski definition) is 6. The van der Waals surface area contributed by atoms with Gasteiger partial charge in [-0.15, -0.1) is 0 Å². The van der Waals surface area contributed by atoms with Gasteiger partial charge < -0.3 is 15.0 Å². The third kappa shape index (κ3) is 5.17. The second-order valence-corrected chi connectivity index (χ2v) is 9.38. The maximum absolute atomic E-state index is 13.2. The largest absolute Gasteiger partial charge is 0.466 e. The summed E-state index contributed by atoms with van der Waals surface area (Å²) in [6.45, 7) is 6.32. The van der Waals surface area contributed by atoms with Crippen molar-refractivity contribution in [1.29, 1.82) is 0 Å². The van der Waals surface area contributed by atoms with Gasteiger partial charge in [-0.3, -0.25) is 4.79 Å². The average Bonchev–Trinajstić information content (AvgIpc) is 3.24. The van der Waals surface area contributed by atoms with Gasteiger partial charge in [0.05, 0.1) is 30.8 Å². The molecule has 2 aliphatic rings. The molecule has 0 saturated carbocycles. The molecule has 0 saturated heterocycles. The molecule has 182 valence electrons. The Kier molecular flexibility index (Phi) is 7.40. The van der Waals surface area contributed by atoms with Crippen LogP contribution >= 0.6 is 11.8 Å². The summed E-state index contributed by atoms with van der Waals surface area (Å²) in [7, 11) is 1.37. The van der Waals surface area contributed by atoms with E-state index in [9.17, 15) is 14.0 Å². The highest BCUT2D eigenvalue weighted by Crippen LogP contribution is 2.46. The molecule has 0 spiro atoms. The fourth-order valence-corrected chi connectivity index (χ4v) is 5.31. The highest BCUT2D eigenvalue weighted by molar-refractivity contribution is 8.16. The number of benzene rings is 2. The zero-order chi connectivity index (χ0) is 25.1. The number of esters is 1. The standard InChI is InChI=1S/C27H28FN3O3S/c1-5-22-24(26(33)34-4)25(21-11-6-16(2)12-17(21)3)31-20(15-35-27(31)30-22)13-23(32)29-14-18-7-9-19(28)10-8-18/h6-12,15,25H,5,13-14H2,1-4H3,(H,29,32). The Morgan fingerprint density at radius 2 is 1.91 bits per heavy atom. The van der Waals surface area contributed by atoms with Crippen molar-refractivity contribution in [1.82, 2.24) is 10.2 Å². The molecule has 1 atom stereocenters. The number of thioether (sulfide) groups is 1. The number of amides is 1. The van der Waals surface area contributed by atoms with Crippen molar-refractivity contribution in [3.05, 3.63) is 92.9 Å². The Bertz CT molecular complexity index is 1250. The summed E-state index contributed by atoms with van der Waals surface area (Å²) in [5.41, 5.74) is 5.89. The Labute approximate surface area is 209 Å². The molecule has 2 aromatic carbocycles. The number of allylic oxidation sites excluding steroid dienone is 1. The van der Waals surface area contributed by atoms with Gasteiger partial charge in [-0.1, -0.05) is 54.6 Å². The molecular formula is C27H28FN3O3S. The van der Waals surface area contributed by atoms with Crippen LogP contribution in [0.4, 0.5) is 4.39 Å². The first-order chi connectivity index (χ1) is 16.8. The molecule has 6 nitrogen and oxygen atoms in total. The lowest BCUT2D eigenvalue weighted by atomic mass is 9.89. The molecule has 1 amide bonds. The first-order valence-corrected chi connectivity index (χ1v) is 12.3. The zero-order valence-electron chi connectivity index (χ0n) is 20.2. The van der Waals surface area contributed by atoms with Gasteiger partial charge >= 0.3 is 5.97 Å². The van der Waals surface area contributed by atoms with Gasteiger partial charge in [0.15, 0.2) is 5.17 Å². The van der Waals surface area contributed by atoms with Crippen molar-refractivity contribution in [2.75, 3.05) is 7.11 Å². The SMILES string of the molecule is CCC1=C(C(=O)OC)C(c2ccc(C)cc2C)N2C(CC(=O)NCc3ccc(F)cc3)=CSC2=N1. The number of carbonyl (C=O) groups is 2. The number of rotatable bonds is 7. The van der Waals surface area contributed by atoms with Crippen LogP contribution in [0.1, 0.15) is 48.1 Å². The zero-order valence-corrected chi connectivity index (χ0v) is 21.0. The van der Waals surface area contributed by atoms with Crippen LogP contribution in [0.3, 0.4) is 0 Å². The number of aliphatic imine (C=N–C) groups is 1. The van der Waals surface area contributed by atoms with Crippen molar-refractivity contribution >= 4 is 28.8 Å². The molecule has 8 heteroatoms. The van der Waals surface area contributed by atoms with E-state index in [-0.39, 0.29) is 18.1 Å². The Hall–Kier alpha value is -3.39. The van der Waals surface area contributed by atoms with E-state index in [0.717, 1.165) is 33.1 Å². The van der Waals surface area contributed by atoms with E-state index in [0.29, 0.717) is 24.2 Å². The normalized spacial score (nSPS) is 17.1. The van der Waals surface area contributed by atoms with Crippen molar-refractivity contribution in [2.45, 2.75) is 46.2 Å². The van der Waals surface area contributed by atoms with Gasteiger partial charge in [-0.05, 0) is 54.5 Å². The van der Waals surface area contributed by atoms with Gasteiger partial charge in [0, 0.05) is 12.2 Å². The fraction of sp³-hybridized carbons (Fsp3) is 0.296. The van der Waals surface area contributed by atoms with Crippen molar-refractivity contribution in [3.8, 4) is 0 Å². The van der Waals surface area contributed by atoms with E-state index in [1.54, 1.807) is 12.1 Å². The molecule has 35 heavy (non-hydrogen) atoms. The highest BCUT2D eigenvalue weighted by Gasteiger charge is 2.41. The number of aryl methyl sites for hydroxylation is 2. The molecule has 0 radical (unpaired) electrons. The number of amidine groups is 1. The van der Waals surface area contributed by atoms with Crippen LogP contribution in [-0.2, 0) is 20.9 Å². The molecule has 1 unspecified atom stereocenters. The Morgan fingerprint density at radius 3 is 2.57 bits per heavy atom. The summed E-state index contributed by atoms with van der Waals surface area (Å²) in [6, 6.07) is 11.7. The predicted molar refractivity (Wildman–Crippen MR) is 136 cm³/mol. The number of nitrogens with one attached hydrogen (secondary N) is 1. The predicted octanol–water partition coefficient (Wildman–Crippen LogP) is 5.29. The maximum atomic E-state index is 13.2. The quantitative estimate of drug-likeness (QED) is 0.531. The third-order valence-electron chi connectivity index (χ3n) is 6.09. The van der Waals surface area contributed by atoms with Gasteiger partial charge in [-0.25, -0.2) is 14.2 Å². The number of ether oxygens (including phenoxy) is 1. The van der Waals surface area contributed by atoms with E-state index in [2.05, 4.69) is 11.4 Å². The van der Waals surface area contributed by atoms with Crippen LogP contribution in [0.15, 0.2) is 69.8 Å². The van der Waals surface area contributed by atoms with Crippen LogP contribution in [0.5, 0.6) is 0 Å². The van der Waals surface area contributed by atoms with E-state index in [4.69, 9.17) is 9.73 Å². The van der Waals surface area contributed by atoms with Crippen LogP contribution in [0.2, 0.25) is 0 Å². The molecule has 0 aliphatic carbocycles. The molecule has 2 aromatic rings. The topological polar surface area (TPSA) is 71.0 Å². The summed E-state index contributed by atoms with van der Waals surface area (Å²) in [4.78, 5) is 32.6. The molecule has 2 heterocycles. The molecule has 4 rings (SSSR count). The molecule has 0 bridgehead atoms. The molecule has 0 fully saturated rings. The van der Waals surface area contributed by atoms with Crippen LogP contribution in [0, 0.1) is 19.7 Å². The number of fused-ring (bicyclic) bond motifs is 1.